The smallest absolute Gasteiger partial charge is 0.257 e. The Morgan fingerprint density at radius 1 is 1.20 bits per heavy atom. The molecule has 25 heavy (non-hydrogen) atoms. The number of nitrogens with one attached hydrogen (secondary N) is 1. The fourth-order valence-electron chi connectivity index (χ4n) is 2.31. The third-order valence-electron chi connectivity index (χ3n) is 3.81. The Morgan fingerprint density at radius 3 is 2.56 bits per heavy atom. The van der Waals surface area contributed by atoms with Gasteiger partial charge in [-0.2, -0.15) is 10.1 Å². The van der Waals surface area contributed by atoms with Crippen molar-refractivity contribution in [3.05, 3.63) is 41.4 Å². The Balaban J connectivity index is 1.88. The Labute approximate surface area is 145 Å². The van der Waals surface area contributed by atoms with Gasteiger partial charge in [-0.3, -0.25) is 4.79 Å². The van der Waals surface area contributed by atoms with Gasteiger partial charge in [-0.15, -0.1) is 0 Å². The molecule has 3 aromatic heterocycles. The predicted molar refractivity (Wildman–Crippen MR) is 91.2 cm³/mol. The quantitative estimate of drug-likeness (QED) is 0.785. The molecule has 1 N–H and O–H groups in total. The molecule has 0 unspecified atom stereocenters. The van der Waals surface area contributed by atoms with E-state index in [1.165, 1.54) is 6.20 Å². The van der Waals surface area contributed by atoms with Gasteiger partial charge in [-0.1, -0.05) is 25.9 Å². The van der Waals surface area contributed by atoms with Crippen LogP contribution in [0.5, 0.6) is 0 Å². The van der Waals surface area contributed by atoms with Crippen molar-refractivity contribution in [2.75, 3.05) is 0 Å². The van der Waals surface area contributed by atoms with E-state index in [2.05, 4.69) is 25.5 Å². The standard InChI is InChI=1S/C17H22N6O2/c1-10-7-8-23-12(19-10)11(9-18-23)13(24)21-17(5,6)14-20-15(25-22-14)16(2,3)4/h7-9H,1-6H3,(H,21,24). The lowest BCUT2D eigenvalue weighted by Crippen LogP contribution is -2.42. The van der Waals surface area contributed by atoms with Crippen molar-refractivity contribution >= 4 is 11.6 Å². The van der Waals surface area contributed by atoms with Gasteiger partial charge in [0.15, 0.2) is 11.5 Å². The fourth-order valence-corrected chi connectivity index (χ4v) is 2.31. The molecule has 0 atom stereocenters. The number of aryl methyl sites for hydroxylation is 1. The molecule has 3 aromatic rings. The van der Waals surface area contributed by atoms with Gasteiger partial charge in [0.25, 0.3) is 5.91 Å². The van der Waals surface area contributed by atoms with Gasteiger partial charge in [0.2, 0.25) is 5.89 Å². The Morgan fingerprint density at radius 2 is 1.92 bits per heavy atom. The van der Waals surface area contributed by atoms with Crippen molar-refractivity contribution in [1.29, 1.82) is 0 Å². The molecule has 0 aliphatic heterocycles. The van der Waals surface area contributed by atoms with Gasteiger partial charge >= 0.3 is 0 Å². The number of amides is 1. The molecule has 8 heteroatoms. The van der Waals surface area contributed by atoms with E-state index in [4.69, 9.17) is 4.52 Å². The van der Waals surface area contributed by atoms with Crippen LogP contribution in [0.2, 0.25) is 0 Å². The summed E-state index contributed by atoms with van der Waals surface area (Å²) in [6, 6.07) is 1.83. The largest absolute Gasteiger partial charge is 0.340 e. The first-order valence-electron chi connectivity index (χ1n) is 8.06. The van der Waals surface area contributed by atoms with Crippen molar-refractivity contribution in [1.82, 2.24) is 30.1 Å². The van der Waals surface area contributed by atoms with Gasteiger partial charge in [-0.25, -0.2) is 9.50 Å². The zero-order valence-corrected chi connectivity index (χ0v) is 15.3. The number of carbonyl (C=O) groups excluding carboxylic acids is 1. The summed E-state index contributed by atoms with van der Waals surface area (Å²) < 4.78 is 6.90. The summed E-state index contributed by atoms with van der Waals surface area (Å²) in [6.07, 6.45) is 3.28. The summed E-state index contributed by atoms with van der Waals surface area (Å²) in [5.74, 6) is 0.657. The van der Waals surface area contributed by atoms with Crippen molar-refractivity contribution in [2.24, 2.45) is 0 Å². The molecule has 8 nitrogen and oxygen atoms in total. The summed E-state index contributed by atoms with van der Waals surface area (Å²) in [7, 11) is 0. The van der Waals surface area contributed by atoms with E-state index in [1.54, 1.807) is 10.7 Å². The number of fused-ring (bicyclic) bond motifs is 1. The molecule has 0 saturated carbocycles. The lowest BCUT2D eigenvalue weighted by molar-refractivity contribution is 0.0909. The van der Waals surface area contributed by atoms with E-state index in [0.717, 1.165) is 5.69 Å². The van der Waals surface area contributed by atoms with Crippen molar-refractivity contribution < 1.29 is 9.32 Å². The highest BCUT2D eigenvalue weighted by atomic mass is 16.5. The summed E-state index contributed by atoms with van der Waals surface area (Å²) in [5, 5.41) is 11.1. The van der Waals surface area contributed by atoms with Crippen molar-refractivity contribution in [3.63, 3.8) is 0 Å². The van der Waals surface area contributed by atoms with E-state index >= 15 is 0 Å². The second-order valence-corrected chi connectivity index (χ2v) is 7.65. The first kappa shape index (κ1) is 17.1. The van der Waals surface area contributed by atoms with Crippen LogP contribution in [0.15, 0.2) is 23.0 Å². The summed E-state index contributed by atoms with van der Waals surface area (Å²) in [5.41, 5.74) is 0.666. The molecule has 0 aliphatic carbocycles. The minimum atomic E-state index is -0.803. The number of hydrogen-bond donors (Lipinski definition) is 1. The van der Waals surface area contributed by atoms with Gasteiger partial charge in [-0.05, 0) is 26.8 Å². The van der Waals surface area contributed by atoms with Crippen LogP contribution in [-0.4, -0.2) is 30.6 Å². The number of nitrogens with zero attached hydrogens (tertiary/aromatic N) is 5. The SMILES string of the molecule is Cc1ccn2ncc(C(=O)NC(C)(C)c3noc(C(C)(C)C)n3)c2n1. The molecule has 0 spiro atoms. The number of aromatic nitrogens is 5. The van der Waals surface area contributed by atoms with E-state index in [-0.39, 0.29) is 11.3 Å². The Bertz CT molecular complexity index is 932. The maximum atomic E-state index is 12.7. The molecule has 3 rings (SSSR count). The lowest BCUT2D eigenvalue weighted by Gasteiger charge is -2.22. The number of hydrogen-bond acceptors (Lipinski definition) is 6. The molecule has 132 valence electrons. The number of rotatable bonds is 3. The van der Waals surface area contributed by atoms with Gasteiger partial charge < -0.3 is 9.84 Å². The first-order chi connectivity index (χ1) is 11.6. The zero-order chi connectivity index (χ0) is 18.4. The zero-order valence-electron chi connectivity index (χ0n) is 15.3. The highest BCUT2D eigenvalue weighted by Crippen LogP contribution is 2.24. The molecule has 1 amide bonds. The van der Waals surface area contributed by atoms with E-state index in [9.17, 15) is 4.79 Å². The number of carbonyl (C=O) groups is 1. The summed E-state index contributed by atoms with van der Waals surface area (Å²) in [4.78, 5) is 21.6. The predicted octanol–water partition coefficient (Wildman–Crippen LogP) is 2.38. The molecule has 0 aliphatic rings. The van der Waals surface area contributed by atoms with E-state index < -0.39 is 5.54 Å². The third kappa shape index (κ3) is 3.24. The van der Waals surface area contributed by atoms with Gasteiger partial charge in [0, 0.05) is 17.3 Å². The van der Waals surface area contributed by atoms with Crippen LogP contribution in [0, 0.1) is 6.92 Å². The lowest BCUT2D eigenvalue weighted by atomic mass is 9.97. The third-order valence-corrected chi connectivity index (χ3v) is 3.81. The Hall–Kier alpha value is -2.77. The van der Waals surface area contributed by atoms with Crippen LogP contribution in [0.1, 0.15) is 62.4 Å². The monoisotopic (exact) mass is 342 g/mol. The highest BCUT2D eigenvalue weighted by molar-refractivity contribution is 6.00. The van der Waals surface area contributed by atoms with Crippen molar-refractivity contribution in [2.45, 2.75) is 52.5 Å². The Kier molecular flexibility index (Phi) is 3.85. The first-order valence-corrected chi connectivity index (χ1v) is 8.06. The van der Waals surface area contributed by atoms with E-state index in [1.807, 2.05) is 47.6 Å². The molecular formula is C17H22N6O2. The topological polar surface area (TPSA) is 98.2 Å². The van der Waals surface area contributed by atoms with Gasteiger partial charge in [0.05, 0.1) is 11.7 Å². The average molecular weight is 342 g/mol. The van der Waals surface area contributed by atoms with Crippen LogP contribution in [0.4, 0.5) is 0 Å². The highest BCUT2D eigenvalue weighted by Gasteiger charge is 2.32. The maximum Gasteiger partial charge on any atom is 0.257 e. The maximum absolute atomic E-state index is 12.7. The molecule has 0 saturated heterocycles. The fraction of sp³-hybridized carbons (Fsp3) is 0.471. The van der Waals surface area contributed by atoms with Crippen LogP contribution in [0.25, 0.3) is 5.65 Å². The minimum absolute atomic E-state index is 0.255. The second-order valence-electron chi connectivity index (χ2n) is 7.65. The van der Waals surface area contributed by atoms with E-state index in [0.29, 0.717) is 22.9 Å². The molecular weight excluding hydrogens is 320 g/mol. The van der Waals surface area contributed by atoms with Crippen LogP contribution in [0.3, 0.4) is 0 Å². The molecule has 0 fully saturated rings. The van der Waals surface area contributed by atoms with Crippen molar-refractivity contribution in [3.8, 4) is 0 Å². The summed E-state index contributed by atoms with van der Waals surface area (Å²) >= 11 is 0. The summed E-state index contributed by atoms with van der Waals surface area (Å²) in [6.45, 7) is 11.5. The molecule has 0 bridgehead atoms. The van der Waals surface area contributed by atoms with Crippen LogP contribution >= 0.6 is 0 Å². The van der Waals surface area contributed by atoms with Gasteiger partial charge in [0.1, 0.15) is 5.56 Å². The molecule has 0 radical (unpaired) electrons. The average Bonchev–Trinajstić information content (AvgIpc) is 3.13. The van der Waals surface area contributed by atoms with Crippen LogP contribution in [-0.2, 0) is 11.0 Å². The molecule has 3 heterocycles. The minimum Gasteiger partial charge on any atom is -0.340 e. The normalized spacial score (nSPS) is 12.6. The molecule has 0 aromatic carbocycles. The second kappa shape index (κ2) is 5.65. The van der Waals surface area contributed by atoms with Crippen LogP contribution < -0.4 is 5.32 Å².